The molecule has 0 aromatic carbocycles. The predicted octanol–water partition coefficient (Wildman–Crippen LogP) is 0.813. The molecule has 0 aromatic rings. The van der Waals surface area contributed by atoms with Crippen LogP contribution in [0.2, 0.25) is 0 Å². The van der Waals surface area contributed by atoms with Gasteiger partial charge in [0.1, 0.15) is 0 Å². The van der Waals surface area contributed by atoms with Crippen LogP contribution in [0.15, 0.2) is 12.7 Å². The van der Waals surface area contributed by atoms with E-state index in [-0.39, 0.29) is 0 Å². The normalized spacial score (nSPS) is 12.8. The summed E-state index contributed by atoms with van der Waals surface area (Å²) in [6.07, 6.45) is 1.87. The van der Waals surface area contributed by atoms with E-state index < -0.39 is 0 Å². The molecule has 0 aliphatic carbocycles. The molecule has 0 radical (unpaired) electrons. The van der Waals surface area contributed by atoms with Crippen molar-refractivity contribution in [2.45, 2.75) is 13.0 Å². The van der Waals surface area contributed by atoms with E-state index in [2.05, 4.69) is 18.8 Å². The maximum absolute atomic E-state index is 5.25. The molecule has 0 fully saturated rings. The molecule has 0 heterocycles. The quantitative estimate of drug-likeness (QED) is 0.435. The molecule has 3 nitrogen and oxygen atoms in total. The first-order valence-electron chi connectivity index (χ1n) is 4.24. The third kappa shape index (κ3) is 7.72. The van der Waals surface area contributed by atoms with E-state index in [1.54, 1.807) is 7.11 Å². The Hall–Kier alpha value is -0.380. The van der Waals surface area contributed by atoms with Gasteiger partial charge in [-0.25, -0.2) is 0 Å². The summed E-state index contributed by atoms with van der Waals surface area (Å²) in [5, 5.41) is 3.23. The number of ether oxygens (including phenoxy) is 2. The van der Waals surface area contributed by atoms with E-state index in [0.717, 1.165) is 13.2 Å². The van der Waals surface area contributed by atoms with Crippen molar-refractivity contribution in [1.29, 1.82) is 0 Å². The van der Waals surface area contributed by atoms with Gasteiger partial charge in [-0.15, -0.1) is 6.58 Å². The fraction of sp³-hybridized carbons (Fsp3) is 0.778. The molecule has 0 bridgehead atoms. The third-order valence-electron chi connectivity index (χ3n) is 1.50. The van der Waals surface area contributed by atoms with Gasteiger partial charge in [0.15, 0.2) is 0 Å². The fourth-order valence-corrected chi connectivity index (χ4v) is 0.686. The Morgan fingerprint density at radius 3 is 2.75 bits per heavy atom. The molecule has 1 N–H and O–H groups in total. The van der Waals surface area contributed by atoms with Gasteiger partial charge >= 0.3 is 0 Å². The van der Waals surface area contributed by atoms with Crippen LogP contribution in [0.1, 0.15) is 6.92 Å². The lowest BCUT2D eigenvalue weighted by molar-refractivity contribution is 0.0716. The Labute approximate surface area is 74.7 Å². The summed E-state index contributed by atoms with van der Waals surface area (Å²) >= 11 is 0. The molecule has 0 spiro atoms. The second kappa shape index (κ2) is 8.71. The molecule has 1 atom stereocenters. The molecule has 0 aliphatic heterocycles. The van der Waals surface area contributed by atoms with Gasteiger partial charge in [0.05, 0.1) is 19.8 Å². The molecule has 0 saturated heterocycles. The van der Waals surface area contributed by atoms with Crippen LogP contribution in [0.5, 0.6) is 0 Å². The minimum atomic E-state index is 0.357. The standard InChI is InChI=1S/C9H19NO2/c1-4-9(2)10-5-6-12-8-7-11-3/h4,9-10H,1,5-8H2,2-3H3. The minimum Gasteiger partial charge on any atom is -0.382 e. The van der Waals surface area contributed by atoms with Gasteiger partial charge in [-0.3, -0.25) is 0 Å². The topological polar surface area (TPSA) is 30.5 Å². The number of rotatable bonds is 8. The summed E-state index contributed by atoms with van der Waals surface area (Å²) in [6.45, 7) is 8.64. The number of hydrogen-bond donors (Lipinski definition) is 1. The third-order valence-corrected chi connectivity index (χ3v) is 1.50. The van der Waals surface area contributed by atoms with Gasteiger partial charge in [-0.1, -0.05) is 6.08 Å². The Morgan fingerprint density at radius 1 is 1.42 bits per heavy atom. The summed E-state index contributed by atoms with van der Waals surface area (Å²) in [7, 11) is 1.67. The van der Waals surface area contributed by atoms with Crippen LogP contribution in [0.4, 0.5) is 0 Å². The summed E-state index contributed by atoms with van der Waals surface area (Å²) < 4.78 is 10.1. The zero-order valence-electron chi connectivity index (χ0n) is 8.01. The molecule has 0 aliphatic rings. The molecule has 0 amide bonds. The lowest BCUT2D eigenvalue weighted by Crippen LogP contribution is -2.27. The summed E-state index contributed by atoms with van der Waals surface area (Å²) in [5.41, 5.74) is 0. The largest absolute Gasteiger partial charge is 0.382 e. The lowest BCUT2D eigenvalue weighted by Gasteiger charge is -2.08. The number of methoxy groups -OCH3 is 1. The first kappa shape index (κ1) is 11.6. The van der Waals surface area contributed by atoms with Gasteiger partial charge < -0.3 is 14.8 Å². The van der Waals surface area contributed by atoms with E-state index in [4.69, 9.17) is 9.47 Å². The van der Waals surface area contributed by atoms with Crippen LogP contribution in [0.25, 0.3) is 0 Å². The molecule has 0 rings (SSSR count). The maximum atomic E-state index is 5.25. The molecule has 1 unspecified atom stereocenters. The summed E-state index contributed by atoms with van der Waals surface area (Å²) in [6, 6.07) is 0.357. The van der Waals surface area contributed by atoms with E-state index >= 15 is 0 Å². The minimum absolute atomic E-state index is 0.357. The Morgan fingerprint density at radius 2 is 2.17 bits per heavy atom. The van der Waals surface area contributed by atoms with Crippen molar-refractivity contribution < 1.29 is 9.47 Å². The van der Waals surface area contributed by atoms with Crippen LogP contribution >= 0.6 is 0 Å². The highest BCUT2D eigenvalue weighted by Crippen LogP contribution is 1.80. The zero-order chi connectivity index (χ0) is 9.23. The fourth-order valence-electron chi connectivity index (χ4n) is 0.686. The first-order valence-corrected chi connectivity index (χ1v) is 4.24. The van der Waals surface area contributed by atoms with Gasteiger partial charge in [0.2, 0.25) is 0 Å². The van der Waals surface area contributed by atoms with Gasteiger partial charge in [0, 0.05) is 19.7 Å². The molecular formula is C9H19NO2. The average Bonchev–Trinajstić information content (AvgIpc) is 2.10. The molecule has 3 heteroatoms. The Balaban J connectivity index is 2.95. The first-order chi connectivity index (χ1) is 5.81. The lowest BCUT2D eigenvalue weighted by atomic mass is 10.3. The molecule has 72 valence electrons. The predicted molar refractivity (Wildman–Crippen MR) is 50.4 cm³/mol. The number of hydrogen-bond acceptors (Lipinski definition) is 3. The second-order valence-electron chi connectivity index (χ2n) is 2.58. The van der Waals surface area contributed by atoms with Crippen LogP contribution in [0, 0.1) is 0 Å². The van der Waals surface area contributed by atoms with Gasteiger partial charge in [-0.05, 0) is 6.92 Å². The highest BCUT2D eigenvalue weighted by atomic mass is 16.5. The van der Waals surface area contributed by atoms with Crippen molar-refractivity contribution in [3.05, 3.63) is 12.7 Å². The van der Waals surface area contributed by atoms with Crippen molar-refractivity contribution in [3.63, 3.8) is 0 Å². The van der Waals surface area contributed by atoms with Crippen molar-refractivity contribution in [2.24, 2.45) is 0 Å². The molecule has 0 saturated carbocycles. The van der Waals surface area contributed by atoms with Gasteiger partial charge in [0.25, 0.3) is 0 Å². The van der Waals surface area contributed by atoms with Gasteiger partial charge in [-0.2, -0.15) is 0 Å². The molecule has 0 aromatic heterocycles. The Kier molecular flexibility index (Phi) is 8.44. The van der Waals surface area contributed by atoms with Crippen molar-refractivity contribution >= 4 is 0 Å². The number of nitrogens with one attached hydrogen (secondary N) is 1. The maximum Gasteiger partial charge on any atom is 0.0700 e. The van der Waals surface area contributed by atoms with E-state index in [1.807, 2.05) is 6.08 Å². The van der Waals surface area contributed by atoms with Crippen molar-refractivity contribution in [2.75, 3.05) is 33.5 Å². The van der Waals surface area contributed by atoms with Crippen LogP contribution in [-0.2, 0) is 9.47 Å². The van der Waals surface area contributed by atoms with Crippen LogP contribution < -0.4 is 5.32 Å². The SMILES string of the molecule is C=CC(C)NCCOCCOC. The highest BCUT2D eigenvalue weighted by molar-refractivity contribution is 4.80. The van der Waals surface area contributed by atoms with Crippen LogP contribution in [0.3, 0.4) is 0 Å². The zero-order valence-corrected chi connectivity index (χ0v) is 8.01. The highest BCUT2D eigenvalue weighted by Gasteiger charge is 1.92. The summed E-state index contributed by atoms with van der Waals surface area (Å²) in [5.74, 6) is 0. The van der Waals surface area contributed by atoms with Crippen molar-refractivity contribution in [1.82, 2.24) is 5.32 Å². The van der Waals surface area contributed by atoms with E-state index in [1.165, 1.54) is 0 Å². The van der Waals surface area contributed by atoms with E-state index in [0.29, 0.717) is 19.3 Å². The second-order valence-corrected chi connectivity index (χ2v) is 2.58. The Bertz CT molecular complexity index is 107. The van der Waals surface area contributed by atoms with Crippen LogP contribution in [-0.4, -0.2) is 39.5 Å². The molecular weight excluding hydrogens is 154 g/mol. The monoisotopic (exact) mass is 173 g/mol. The molecule has 12 heavy (non-hydrogen) atoms. The summed E-state index contributed by atoms with van der Waals surface area (Å²) in [4.78, 5) is 0. The van der Waals surface area contributed by atoms with E-state index in [9.17, 15) is 0 Å². The van der Waals surface area contributed by atoms with Crippen molar-refractivity contribution in [3.8, 4) is 0 Å². The smallest absolute Gasteiger partial charge is 0.0700 e. The average molecular weight is 173 g/mol.